The molecule has 210 valence electrons. The number of anilines is 1. The maximum absolute atomic E-state index is 10.1. The molecule has 0 amide bonds. The molecule has 1 aliphatic rings. The van der Waals surface area contributed by atoms with Crippen molar-refractivity contribution < 1.29 is 61.5 Å². The molecule has 0 fully saturated rings. The topological polar surface area (TPSA) is 146 Å². The molecule has 2 atom stereocenters. The van der Waals surface area contributed by atoms with Gasteiger partial charge in [0.25, 0.3) is 0 Å². The van der Waals surface area contributed by atoms with Gasteiger partial charge in [0, 0.05) is 57.6 Å². The van der Waals surface area contributed by atoms with Crippen LogP contribution in [0.15, 0.2) is 54.6 Å². The molecular formula is C29H26Co2N2O6Si. The van der Waals surface area contributed by atoms with Crippen molar-refractivity contribution in [2.45, 2.75) is 51.0 Å². The summed E-state index contributed by atoms with van der Waals surface area (Å²) in [5.74, 6) is 3.43. The average Bonchev–Trinajstić information content (AvgIpc) is 3.22. The third kappa shape index (κ3) is 16.2. The quantitative estimate of drug-likeness (QED) is 0.203. The van der Waals surface area contributed by atoms with Crippen molar-refractivity contribution in [3.05, 3.63) is 106 Å². The van der Waals surface area contributed by atoms with Crippen LogP contribution in [0.1, 0.15) is 24.5 Å². The summed E-state index contributed by atoms with van der Waals surface area (Å²) in [6, 6.07) is 21.2. The van der Waals surface area contributed by atoms with Gasteiger partial charge in [-0.15, -0.1) is 11.5 Å². The zero-order chi connectivity index (χ0) is 30.8. The van der Waals surface area contributed by atoms with Crippen molar-refractivity contribution in [1.29, 1.82) is 5.26 Å². The second-order valence-corrected chi connectivity index (χ2v) is 13.1. The normalized spacial score (nSPS) is 14.3. The van der Waals surface area contributed by atoms with Gasteiger partial charge in [-0.05, 0) is 17.2 Å². The van der Waals surface area contributed by atoms with Crippen LogP contribution in [-0.2, 0) is 73.4 Å². The zero-order valence-corrected chi connectivity index (χ0v) is 25.3. The molecule has 0 saturated carbocycles. The number of rotatable bonds is 3. The number of fused-ring (bicyclic) bond motifs is 1. The van der Waals surface area contributed by atoms with Crippen LogP contribution in [0.4, 0.5) is 5.69 Å². The Balaban J connectivity index is -0.000000183. The van der Waals surface area contributed by atoms with Crippen LogP contribution in [0.3, 0.4) is 0 Å². The molecule has 11 heteroatoms. The van der Waals surface area contributed by atoms with Crippen molar-refractivity contribution in [3.63, 3.8) is 0 Å². The second-order valence-electron chi connectivity index (χ2n) is 8.31. The third-order valence-electron chi connectivity index (χ3n) is 4.98. The molecule has 1 aliphatic heterocycles. The number of nitrogens with zero attached hydrogens (tertiary/aromatic N) is 2. The largest absolute Gasteiger partial charge is 0 e. The third-order valence-corrected chi connectivity index (χ3v) is 5.91. The summed E-state index contributed by atoms with van der Waals surface area (Å²) in [5.41, 5.74) is 6.84. The van der Waals surface area contributed by atoms with Crippen LogP contribution in [0.25, 0.3) is 0 Å². The number of hydrogen-bond acceptors (Lipinski definition) is 2. The first kappa shape index (κ1) is 49.9. The van der Waals surface area contributed by atoms with E-state index in [9.17, 15) is 5.26 Å². The van der Waals surface area contributed by atoms with E-state index in [-0.39, 0.29) is 45.0 Å². The number of benzene rings is 2. The van der Waals surface area contributed by atoms with E-state index < -0.39 is 8.07 Å². The van der Waals surface area contributed by atoms with Crippen LogP contribution in [0.5, 0.6) is 0 Å². The van der Waals surface area contributed by atoms with Crippen LogP contribution < -0.4 is 4.90 Å². The van der Waals surface area contributed by atoms with Crippen LogP contribution in [0.2, 0.25) is 19.6 Å². The first-order valence-electron chi connectivity index (χ1n) is 10.4. The second kappa shape index (κ2) is 30.5. The number of nitriles is 1. The fourth-order valence-electron chi connectivity index (χ4n) is 3.69. The van der Waals surface area contributed by atoms with E-state index in [0.29, 0.717) is 0 Å². The van der Waals surface area contributed by atoms with Crippen molar-refractivity contribution in [1.82, 2.24) is 0 Å². The van der Waals surface area contributed by atoms with Gasteiger partial charge < -0.3 is 4.90 Å². The molecule has 3 rings (SSSR count). The summed E-state index contributed by atoms with van der Waals surface area (Å²) < 4.78 is 45.0. The van der Waals surface area contributed by atoms with Gasteiger partial charge in [-0.2, -0.15) is 5.26 Å². The molecule has 0 aromatic heterocycles. The number of para-hydroxylation sites is 1. The Kier molecular flexibility index (Phi) is 38.0. The van der Waals surface area contributed by atoms with E-state index in [2.05, 4.69) is 137 Å². The minimum Gasteiger partial charge on any atom is 0 e. The van der Waals surface area contributed by atoms with E-state index in [1.807, 2.05) is 6.07 Å². The van der Waals surface area contributed by atoms with Gasteiger partial charge in [0.05, 0.1) is 6.07 Å². The van der Waals surface area contributed by atoms with Gasteiger partial charge >= 0.3 is 67.8 Å². The molecule has 2 unspecified atom stereocenters. The Hall–Kier alpha value is -3.04. The Labute approximate surface area is 258 Å². The van der Waals surface area contributed by atoms with Gasteiger partial charge in [0.1, 0.15) is 14.1 Å². The Morgan fingerprint density at radius 2 is 1.20 bits per heavy atom. The van der Waals surface area contributed by atoms with Gasteiger partial charge in [-0.25, -0.2) is 0 Å². The maximum atomic E-state index is 10.1. The van der Waals surface area contributed by atoms with Crippen molar-refractivity contribution in [3.8, 4) is 17.5 Å². The molecule has 2 aromatic rings. The van der Waals surface area contributed by atoms with Crippen LogP contribution in [-0.4, -0.2) is 14.1 Å². The molecule has 2 aromatic carbocycles. The molecule has 1 heterocycles. The molecule has 0 spiro atoms. The molecule has 40 heavy (non-hydrogen) atoms. The smallest absolute Gasteiger partial charge is 0 e. The Morgan fingerprint density at radius 3 is 1.62 bits per heavy atom. The summed E-state index contributed by atoms with van der Waals surface area (Å²) in [4.78, 5) is 2.25. The van der Waals surface area contributed by atoms with Gasteiger partial charge in [-0.1, -0.05) is 75.1 Å². The minimum absolute atomic E-state index is 0. The monoisotopic (exact) mass is 644 g/mol. The zero-order valence-electron chi connectivity index (χ0n) is 22.2. The van der Waals surface area contributed by atoms with E-state index in [1.165, 1.54) is 16.8 Å². The minimum atomic E-state index is -1.42. The predicted octanol–water partition coefficient (Wildman–Crippen LogP) is 4.90. The summed E-state index contributed by atoms with van der Waals surface area (Å²) in [7, 11) is -1.42. The first-order valence-corrected chi connectivity index (χ1v) is 13.9. The number of hydrogen-bond donors (Lipinski definition) is 0. The van der Waals surface area contributed by atoms with Gasteiger partial charge in [0.15, 0.2) is 0 Å². The van der Waals surface area contributed by atoms with Crippen molar-refractivity contribution in [2.75, 3.05) is 4.90 Å². The summed E-state index contributed by atoms with van der Waals surface area (Å²) >= 11 is 0. The molecule has 0 bridgehead atoms. The van der Waals surface area contributed by atoms with E-state index in [0.717, 1.165) is 13.0 Å². The molecule has 0 aliphatic carbocycles. The summed E-state index contributed by atoms with van der Waals surface area (Å²) in [5, 5.41) is 10.1. The molecule has 8 nitrogen and oxygen atoms in total. The summed E-state index contributed by atoms with van der Waals surface area (Å²) in [6.45, 7) is 36.7. The van der Waals surface area contributed by atoms with Gasteiger partial charge in [-0.3, -0.25) is 0 Å². The average molecular weight is 644 g/mol. The van der Waals surface area contributed by atoms with E-state index in [1.54, 1.807) is 0 Å². The fourth-order valence-corrected chi connectivity index (χ4v) is 4.31. The standard InChI is InChI=1S/C23H26N2Si.6CO.2Co/c1-23(15-10-16-26(2,3)4)20-13-8-9-14-21(20)25(22(23)17-24)18-19-11-6-5-7-12-19;6*1-2;;/h5-9,11-14,22H,15,18H2,1-4H3;;;;;;;;. The Bertz CT molecular complexity index is 1120. The molecule has 2 radical (unpaired) electrons. The van der Waals surface area contributed by atoms with Gasteiger partial charge in [0.2, 0.25) is 0 Å². The van der Waals surface area contributed by atoms with Crippen LogP contribution >= 0.6 is 0 Å². The fraction of sp³-hybridized carbons (Fsp3) is 0.276. The summed E-state index contributed by atoms with van der Waals surface area (Å²) in [6.07, 6.45) is 0.720. The van der Waals surface area contributed by atoms with Crippen molar-refractivity contribution in [2.24, 2.45) is 0 Å². The maximum Gasteiger partial charge on any atom is 0 e. The SMILES string of the molecule is CC1(CC#C[Si](C)(C)C)c2ccccc2N(Cc2ccccc2)C1C#N.[C-]#[O+].[C-]#[O+].[C-]#[O+].[C-]#[O+].[C-]#[O+].[C-]#[O+].[Co].[Co]. The van der Waals surface area contributed by atoms with Crippen LogP contribution in [0, 0.1) is 62.7 Å². The van der Waals surface area contributed by atoms with E-state index in [4.69, 9.17) is 27.9 Å². The Morgan fingerprint density at radius 1 is 0.775 bits per heavy atom. The predicted molar refractivity (Wildman–Crippen MR) is 135 cm³/mol. The molecular weight excluding hydrogens is 618 g/mol. The van der Waals surface area contributed by atoms with Crippen molar-refractivity contribution >= 4 is 13.8 Å². The molecule has 0 N–H and O–H groups in total. The molecule has 0 saturated heterocycles. The van der Waals surface area contributed by atoms with E-state index >= 15 is 0 Å². The first-order chi connectivity index (χ1) is 18.3.